The zero-order chi connectivity index (χ0) is 21.6. The van der Waals surface area contributed by atoms with Crippen LogP contribution in [0.1, 0.15) is 29.5 Å². The Hall–Kier alpha value is -2.10. The topological polar surface area (TPSA) is 59.4 Å². The molecular weight excluding hydrogens is 443 g/mol. The van der Waals surface area contributed by atoms with Crippen LogP contribution in [0.2, 0.25) is 0 Å². The van der Waals surface area contributed by atoms with E-state index in [9.17, 15) is 4.79 Å². The standard InChI is InChI=1S/C25H32N4O.2ClH/c1-27-19-22(17-20-8-7-9-21(16-20)18-26)24(30)29-14-12-25(13-15-29,28(2)3)23-10-5-4-6-11-23;;/h4-11,16,22,27H,12-15,17,19H2,1-3H3;2*1H. The molecule has 0 aliphatic carbocycles. The summed E-state index contributed by atoms with van der Waals surface area (Å²) in [6.07, 6.45) is 2.49. The number of hydrogen-bond donors (Lipinski definition) is 1. The lowest BCUT2D eigenvalue weighted by molar-refractivity contribution is -0.138. The van der Waals surface area contributed by atoms with E-state index in [1.807, 2.05) is 30.1 Å². The van der Waals surface area contributed by atoms with Gasteiger partial charge in [-0.15, -0.1) is 24.8 Å². The molecule has 174 valence electrons. The van der Waals surface area contributed by atoms with E-state index < -0.39 is 0 Å². The van der Waals surface area contributed by atoms with Gasteiger partial charge in [0, 0.05) is 25.2 Å². The molecule has 0 aromatic heterocycles. The summed E-state index contributed by atoms with van der Waals surface area (Å²) in [5, 5.41) is 12.3. The minimum Gasteiger partial charge on any atom is -0.342 e. The summed E-state index contributed by atoms with van der Waals surface area (Å²) < 4.78 is 0. The van der Waals surface area contributed by atoms with Crippen LogP contribution in [0.25, 0.3) is 0 Å². The molecule has 0 radical (unpaired) electrons. The van der Waals surface area contributed by atoms with E-state index in [2.05, 4.69) is 60.7 Å². The number of carbonyl (C=O) groups excluding carboxylic acids is 1. The van der Waals surface area contributed by atoms with Crippen LogP contribution < -0.4 is 5.32 Å². The smallest absolute Gasteiger partial charge is 0.227 e. The highest BCUT2D eigenvalue weighted by Crippen LogP contribution is 2.37. The first kappa shape index (κ1) is 27.9. The molecule has 1 atom stereocenters. The number of benzene rings is 2. The number of nitrogens with one attached hydrogen (secondary N) is 1. The molecule has 1 N–H and O–H groups in total. The molecule has 1 amide bonds. The zero-order valence-electron chi connectivity index (χ0n) is 19.1. The molecule has 32 heavy (non-hydrogen) atoms. The van der Waals surface area contributed by atoms with Crippen molar-refractivity contribution in [1.29, 1.82) is 5.26 Å². The van der Waals surface area contributed by atoms with Crippen LogP contribution in [0, 0.1) is 17.2 Å². The fraction of sp³-hybridized carbons (Fsp3) is 0.440. The Morgan fingerprint density at radius 2 is 1.78 bits per heavy atom. The number of piperidine rings is 1. The van der Waals surface area contributed by atoms with Gasteiger partial charge in [0.05, 0.1) is 17.6 Å². The van der Waals surface area contributed by atoms with E-state index in [1.165, 1.54) is 5.56 Å². The third kappa shape index (κ3) is 6.24. The number of hydrogen-bond acceptors (Lipinski definition) is 4. The molecule has 0 spiro atoms. The average Bonchev–Trinajstić information content (AvgIpc) is 2.79. The van der Waals surface area contributed by atoms with Crippen LogP contribution in [-0.2, 0) is 16.8 Å². The van der Waals surface area contributed by atoms with Gasteiger partial charge in [0.1, 0.15) is 0 Å². The summed E-state index contributed by atoms with van der Waals surface area (Å²) >= 11 is 0. The maximum atomic E-state index is 13.4. The normalized spacial score (nSPS) is 15.8. The Labute approximate surface area is 204 Å². The SMILES string of the molecule is CNCC(Cc1cccc(C#N)c1)C(=O)N1CCC(c2ccccc2)(N(C)C)CC1.Cl.Cl. The van der Waals surface area contributed by atoms with Crippen molar-refractivity contribution in [1.82, 2.24) is 15.1 Å². The molecule has 1 fully saturated rings. The maximum absolute atomic E-state index is 13.4. The predicted molar refractivity (Wildman–Crippen MR) is 134 cm³/mol. The molecule has 1 heterocycles. The van der Waals surface area contributed by atoms with Gasteiger partial charge in [-0.25, -0.2) is 0 Å². The van der Waals surface area contributed by atoms with Gasteiger partial charge < -0.3 is 10.2 Å². The molecule has 1 saturated heterocycles. The Bertz CT molecular complexity index is 890. The molecule has 0 bridgehead atoms. The molecule has 5 nitrogen and oxygen atoms in total. The third-order valence-electron chi connectivity index (χ3n) is 6.41. The number of rotatable bonds is 7. The van der Waals surface area contributed by atoms with Crippen molar-refractivity contribution in [2.75, 3.05) is 40.8 Å². The minimum absolute atomic E-state index is 0. The van der Waals surface area contributed by atoms with Gasteiger partial charge in [-0.1, -0.05) is 42.5 Å². The van der Waals surface area contributed by atoms with Gasteiger partial charge in [-0.05, 0) is 63.7 Å². The second-order valence-corrected chi connectivity index (χ2v) is 8.39. The van der Waals surface area contributed by atoms with Gasteiger partial charge in [0.25, 0.3) is 0 Å². The number of nitrogens with zero attached hydrogens (tertiary/aromatic N) is 3. The van der Waals surface area contributed by atoms with Crippen LogP contribution in [0.4, 0.5) is 0 Å². The monoisotopic (exact) mass is 476 g/mol. The highest BCUT2D eigenvalue weighted by atomic mass is 35.5. The van der Waals surface area contributed by atoms with Crippen LogP contribution in [0.15, 0.2) is 54.6 Å². The first-order valence-electron chi connectivity index (χ1n) is 10.7. The number of nitriles is 1. The van der Waals surface area contributed by atoms with Crippen molar-refractivity contribution >= 4 is 30.7 Å². The van der Waals surface area contributed by atoms with Gasteiger partial charge in [0.2, 0.25) is 5.91 Å². The lowest BCUT2D eigenvalue weighted by atomic mass is 9.79. The van der Waals surface area contributed by atoms with Gasteiger partial charge in [0.15, 0.2) is 0 Å². The molecule has 3 rings (SSSR count). The van der Waals surface area contributed by atoms with Crippen molar-refractivity contribution in [3.8, 4) is 6.07 Å². The van der Waals surface area contributed by atoms with Gasteiger partial charge in [-0.2, -0.15) is 5.26 Å². The zero-order valence-corrected chi connectivity index (χ0v) is 20.7. The van der Waals surface area contributed by atoms with Crippen LogP contribution in [-0.4, -0.2) is 56.5 Å². The summed E-state index contributed by atoms with van der Waals surface area (Å²) in [6.45, 7) is 2.14. The molecule has 0 saturated carbocycles. The van der Waals surface area contributed by atoms with E-state index in [0.29, 0.717) is 18.5 Å². The Morgan fingerprint density at radius 3 is 2.34 bits per heavy atom. The van der Waals surface area contributed by atoms with Crippen LogP contribution in [0.3, 0.4) is 0 Å². The van der Waals surface area contributed by atoms with Crippen molar-refractivity contribution in [3.63, 3.8) is 0 Å². The van der Waals surface area contributed by atoms with E-state index in [1.54, 1.807) is 6.07 Å². The van der Waals surface area contributed by atoms with E-state index in [-0.39, 0.29) is 42.2 Å². The highest BCUT2D eigenvalue weighted by molar-refractivity contribution is 5.85. The second-order valence-electron chi connectivity index (χ2n) is 8.39. The third-order valence-corrected chi connectivity index (χ3v) is 6.41. The van der Waals surface area contributed by atoms with Crippen molar-refractivity contribution < 1.29 is 4.79 Å². The Kier molecular flexibility index (Phi) is 11.2. The maximum Gasteiger partial charge on any atom is 0.227 e. The molecule has 1 unspecified atom stereocenters. The average molecular weight is 477 g/mol. The van der Waals surface area contributed by atoms with Crippen molar-refractivity contribution in [2.24, 2.45) is 5.92 Å². The lowest BCUT2D eigenvalue weighted by Crippen LogP contribution is -2.53. The summed E-state index contributed by atoms with van der Waals surface area (Å²) in [4.78, 5) is 17.7. The Balaban J connectivity index is 0.00000256. The van der Waals surface area contributed by atoms with Crippen molar-refractivity contribution in [2.45, 2.75) is 24.8 Å². The Morgan fingerprint density at radius 1 is 1.12 bits per heavy atom. The largest absolute Gasteiger partial charge is 0.342 e. The number of likely N-dealkylation sites (tertiary alicyclic amines) is 1. The molecule has 1 aliphatic heterocycles. The summed E-state index contributed by atoms with van der Waals surface area (Å²) in [7, 11) is 6.15. The summed E-state index contributed by atoms with van der Waals surface area (Å²) in [6, 6.07) is 20.4. The quantitative estimate of drug-likeness (QED) is 0.658. The second kappa shape index (κ2) is 12.8. The first-order chi connectivity index (χ1) is 14.5. The van der Waals surface area contributed by atoms with Crippen molar-refractivity contribution in [3.05, 3.63) is 71.3 Å². The number of amides is 1. The van der Waals surface area contributed by atoms with Crippen LogP contribution >= 0.6 is 24.8 Å². The summed E-state index contributed by atoms with van der Waals surface area (Å²) in [5.41, 5.74) is 2.96. The van der Waals surface area contributed by atoms with Gasteiger partial charge in [-0.3, -0.25) is 9.69 Å². The predicted octanol–water partition coefficient (Wildman–Crippen LogP) is 3.86. The molecular formula is C25H34Cl2N4O. The molecule has 7 heteroatoms. The fourth-order valence-electron chi connectivity index (χ4n) is 4.64. The number of halogens is 2. The highest BCUT2D eigenvalue weighted by Gasteiger charge is 2.40. The van der Waals surface area contributed by atoms with Crippen LogP contribution in [0.5, 0.6) is 0 Å². The van der Waals surface area contributed by atoms with E-state index in [4.69, 9.17) is 5.26 Å². The molecule has 1 aliphatic rings. The fourth-order valence-corrected chi connectivity index (χ4v) is 4.64. The lowest BCUT2D eigenvalue weighted by Gasteiger charge is -2.47. The summed E-state index contributed by atoms with van der Waals surface area (Å²) in [5.74, 6) is 0.0691. The molecule has 2 aromatic carbocycles. The van der Waals surface area contributed by atoms with E-state index in [0.717, 1.165) is 31.5 Å². The van der Waals surface area contributed by atoms with E-state index >= 15 is 0 Å². The van der Waals surface area contributed by atoms with Gasteiger partial charge >= 0.3 is 0 Å². The molecule has 2 aromatic rings. The first-order valence-corrected chi connectivity index (χ1v) is 10.7. The number of carbonyl (C=O) groups is 1. The minimum atomic E-state index is -0.132.